The van der Waals surface area contributed by atoms with Gasteiger partial charge >= 0.3 is 5.97 Å². The van der Waals surface area contributed by atoms with Gasteiger partial charge in [-0.1, -0.05) is 73.5 Å². The van der Waals surface area contributed by atoms with Gasteiger partial charge in [0.15, 0.2) is 0 Å². The Morgan fingerprint density at radius 3 is 2.26 bits per heavy atom. The molecular formula is C16H23BrO2. The van der Waals surface area contributed by atoms with Gasteiger partial charge in [-0.25, -0.2) is 0 Å². The van der Waals surface area contributed by atoms with Crippen molar-refractivity contribution in [2.75, 3.05) is 0 Å². The molecule has 0 aliphatic rings. The van der Waals surface area contributed by atoms with Crippen LogP contribution in [0.5, 0.6) is 0 Å². The minimum Gasteiger partial charge on any atom is -0.481 e. The number of hydrogen-bond donors (Lipinski definition) is 1. The standard InChI is InChI=1S/C16H23BrO2/c1-2-3-4-5-6-7-8-15(16(18)19)13-9-11-14(17)12-10-13/h9-12,15H,2-8H2,1H3,(H,18,19). The van der Waals surface area contributed by atoms with E-state index in [9.17, 15) is 9.90 Å². The molecule has 1 N–H and O–H groups in total. The molecule has 0 aliphatic carbocycles. The molecule has 0 radical (unpaired) electrons. The Bertz CT molecular complexity index is 373. The second-order valence-corrected chi connectivity index (χ2v) is 5.91. The molecule has 1 atom stereocenters. The SMILES string of the molecule is CCCCCCCCC(C(=O)O)c1ccc(Br)cc1. The molecule has 1 rings (SSSR count). The average molecular weight is 327 g/mol. The van der Waals surface area contributed by atoms with Gasteiger partial charge in [-0.05, 0) is 24.1 Å². The summed E-state index contributed by atoms with van der Waals surface area (Å²) in [6.07, 6.45) is 7.90. The zero-order chi connectivity index (χ0) is 14.1. The zero-order valence-electron chi connectivity index (χ0n) is 11.6. The third-order valence-electron chi connectivity index (χ3n) is 3.42. The van der Waals surface area contributed by atoms with Crippen LogP contribution in [0.3, 0.4) is 0 Å². The lowest BCUT2D eigenvalue weighted by Crippen LogP contribution is -2.11. The number of rotatable bonds is 9. The molecule has 0 fully saturated rings. The lowest BCUT2D eigenvalue weighted by atomic mass is 9.93. The van der Waals surface area contributed by atoms with E-state index in [1.54, 1.807) is 0 Å². The number of hydrogen-bond acceptors (Lipinski definition) is 1. The second kappa shape index (κ2) is 9.13. The van der Waals surface area contributed by atoms with Crippen molar-refractivity contribution in [3.63, 3.8) is 0 Å². The van der Waals surface area contributed by atoms with Crippen molar-refractivity contribution in [1.29, 1.82) is 0 Å². The van der Waals surface area contributed by atoms with Crippen LogP contribution >= 0.6 is 15.9 Å². The Hall–Kier alpha value is -0.830. The van der Waals surface area contributed by atoms with Gasteiger partial charge in [-0.2, -0.15) is 0 Å². The summed E-state index contributed by atoms with van der Waals surface area (Å²) in [4.78, 5) is 11.3. The minimum absolute atomic E-state index is 0.362. The Morgan fingerprint density at radius 1 is 1.11 bits per heavy atom. The van der Waals surface area contributed by atoms with Gasteiger partial charge < -0.3 is 5.11 Å². The third-order valence-corrected chi connectivity index (χ3v) is 3.95. The van der Waals surface area contributed by atoms with Crippen LogP contribution in [0.25, 0.3) is 0 Å². The van der Waals surface area contributed by atoms with Gasteiger partial charge in [0.05, 0.1) is 5.92 Å². The monoisotopic (exact) mass is 326 g/mol. The lowest BCUT2D eigenvalue weighted by molar-refractivity contribution is -0.139. The molecule has 2 nitrogen and oxygen atoms in total. The van der Waals surface area contributed by atoms with Gasteiger partial charge in [-0.3, -0.25) is 4.79 Å². The highest BCUT2D eigenvalue weighted by Gasteiger charge is 2.18. The summed E-state index contributed by atoms with van der Waals surface area (Å²) in [5.41, 5.74) is 0.907. The van der Waals surface area contributed by atoms with Crippen molar-refractivity contribution in [3.05, 3.63) is 34.3 Å². The first-order valence-corrected chi connectivity index (χ1v) is 7.92. The van der Waals surface area contributed by atoms with Crippen LogP contribution in [0.4, 0.5) is 0 Å². The van der Waals surface area contributed by atoms with E-state index < -0.39 is 5.97 Å². The Labute approximate surface area is 124 Å². The zero-order valence-corrected chi connectivity index (χ0v) is 13.2. The van der Waals surface area contributed by atoms with Gasteiger partial charge in [-0.15, -0.1) is 0 Å². The number of benzene rings is 1. The van der Waals surface area contributed by atoms with E-state index in [0.717, 1.165) is 29.3 Å². The first kappa shape index (κ1) is 16.2. The summed E-state index contributed by atoms with van der Waals surface area (Å²) >= 11 is 3.37. The van der Waals surface area contributed by atoms with E-state index in [2.05, 4.69) is 22.9 Å². The number of carboxylic acid groups (broad SMARTS) is 1. The van der Waals surface area contributed by atoms with Crippen LogP contribution in [0.15, 0.2) is 28.7 Å². The molecular weight excluding hydrogens is 304 g/mol. The number of halogens is 1. The molecule has 0 saturated heterocycles. The predicted octanol–water partition coefficient (Wildman–Crippen LogP) is 5.37. The molecule has 0 saturated carbocycles. The van der Waals surface area contributed by atoms with Gasteiger partial charge in [0.25, 0.3) is 0 Å². The van der Waals surface area contributed by atoms with Gasteiger partial charge in [0.2, 0.25) is 0 Å². The summed E-state index contributed by atoms with van der Waals surface area (Å²) in [5, 5.41) is 9.33. The van der Waals surface area contributed by atoms with E-state index in [1.165, 1.54) is 25.7 Å². The Balaban J connectivity index is 2.41. The molecule has 3 heteroatoms. The first-order valence-electron chi connectivity index (χ1n) is 7.13. The summed E-state index contributed by atoms with van der Waals surface area (Å²) in [7, 11) is 0. The van der Waals surface area contributed by atoms with E-state index in [0.29, 0.717) is 0 Å². The minimum atomic E-state index is -0.712. The maximum Gasteiger partial charge on any atom is 0.310 e. The quantitative estimate of drug-likeness (QED) is 0.619. The maximum absolute atomic E-state index is 11.3. The molecule has 0 heterocycles. The topological polar surface area (TPSA) is 37.3 Å². The van der Waals surface area contributed by atoms with Crippen molar-refractivity contribution in [2.45, 2.75) is 57.8 Å². The molecule has 0 amide bonds. The molecule has 0 aromatic heterocycles. The number of unbranched alkanes of at least 4 members (excludes halogenated alkanes) is 5. The van der Waals surface area contributed by atoms with Gasteiger partial charge in [0.1, 0.15) is 0 Å². The van der Waals surface area contributed by atoms with Crippen LogP contribution in [-0.2, 0) is 4.79 Å². The van der Waals surface area contributed by atoms with Crippen LogP contribution in [0, 0.1) is 0 Å². The maximum atomic E-state index is 11.3. The van der Waals surface area contributed by atoms with Crippen LogP contribution < -0.4 is 0 Å². The number of aliphatic carboxylic acids is 1. The summed E-state index contributed by atoms with van der Waals surface area (Å²) < 4.78 is 0.986. The predicted molar refractivity (Wildman–Crippen MR) is 82.5 cm³/mol. The summed E-state index contributed by atoms with van der Waals surface area (Å²) in [5.74, 6) is -1.07. The van der Waals surface area contributed by atoms with E-state index >= 15 is 0 Å². The molecule has 1 unspecified atom stereocenters. The van der Waals surface area contributed by atoms with Crippen molar-refractivity contribution in [1.82, 2.24) is 0 Å². The highest BCUT2D eigenvalue weighted by molar-refractivity contribution is 9.10. The van der Waals surface area contributed by atoms with Gasteiger partial charge in [0, 0.05) is 4.47 Å². The molecule has 1 aromatic carbocycles. The third kappa shape index (κ3) is 6.24. The normalized spacial score (nSPS) is 12.3. The van der Waals surface area contributed by atoms with Crippen LogP contribution in [0.2, 0.25) is 0 Å². The second-order valence-electron chi connectivity index (χ2n) is 5.00. The largest absolute Gasteiger partial charge is 0.481 e. The molecule has 1 aromatic rings. The lowest BCUT2D eigenvalue weighted by Gasteiger charge is -2.12. The molecule has 0 aliphatic heterocycles. The molecule has 106 valence electrons. The molecule has 19 heavy (non-hydrogen) atoms. The molecule has 0 spiro atoms. The van der Waals surface area contributed by atoms with Crippen LogP contribution in [-0.4, -0.2) is 11.1 Å². The highest BCUT2D eigenvalue weighted by atomic mass is 79.9. The fourth-order valence-electron chi connectivity index (χ4n) is 2.26. The van der Waals surface area contributed by atoms with E-state index in [4.69, 9.17) is 0 Å². The summed E-state index contributed by atoms with van der Waals surface area (Å²) in [6.45, 7) is 2.20. The Morgan fingerprint density at radius 2 is 1.68 bits per heavy atom. The van der Waals surface area contributed by atoms with Crippen molar-refractivity contribution < 1.29 is 9.90 Å². The van der Waals surface area contributed by atoms with Crippen molar-refractivity contribution >= 4 is 21.9 Å². The van der Waals surface area contributed by atoms with Crippen LogP contribution in [0.1, 0.15) is 63.4 Å². The van der Waals surface area contributed by atoms with Crippen molar-refractivity contribution in [3.8, 4) is 0 Å². The van der Waals surface area contributed by atoms with Crippen molar-refractivity contribution in [2.24, 2.45) is 0 Å². The van der Waals surface area contributed by atoms with E-state index in [1.807, 2.05) is 24.3 Å². The first-order chi connectivity index (χ1) is 9.15. The molecule has 0 bridgehead atoms. The van der Waals surface area contributed by atoms with E-state index in [-0.39, 0.29) is 5.92 Å². The summed E-state index contributed by atoms with van der Waals surface area (Å²) in [6, 6.07) is 7.62. The fourth-order valence-corrected chi connectivity index (χ4v) is 2.52. The number of carbonyl (C=O) groups is 1. The Kier molecular flexibility index (Phi) is 7.80. The highest BCUT2D eigenvalue weighted by Crippen LogP contribution is 2.24. The smallest absolute Gasteiger partial charge is 0.310 e. The average Bonchev–Trinajstić information content (AvgIpc) is 2.39. The fraction of sp³-hybridized carbons (Fsp3) is 0.562. The number of carboxylic acids is 1.